The Hall–Kier alpha value is -0.950. The molecule has 2 heterocycles. The molecule has 0 amide bonds. The molecule has 0 atom stereocenters. The summed E-state index contributed by atoms with van der Waals surface area (Å²) in [6.07, 6.45) is 5.24. The topological polar surface area (TPSA) is 55.6 Å². The van der Waals surface area contributed by atoms with Crippen molar-refractivity contribution in [2.75, 3.05) is 11.9 Å². The summed E-state index contributed by atoms with van der Waals surface area (Å²) in [5, 5.41) is 8.13. The first-order valence-electron chi connectivity index (χ1n) is 4.03. The van der Waals surface area contributed by atoms with Crippen molar-refractivity contribution in [1.82, 2.24) is 19.1 Å². The molecule has 0 spiro atoms. The fourth-order valence-electron chi connectivity index (χ4n) is 0.989. The summed E-state index contributed by atoms with van der Waals surface area (Å²) in [6, 6.07) is 0. The van der Waals surface area contributed by atoms with Gasteiger partial charge >= 0.3 is 0 Å². The minimum Gasteiger partial charge on any atom is -0.358 e. The zero-order chi connectivity index (χ0) is 9.80. The van der Waals surface area contributed by atoms with E-state index in [2.05, 4.69) is 35.7 Å². The third kappa shape index (κ3) is 2.52. The second-order valence-corrected chi connectivity index (χ2v) is 4.29. The highest BCUT2D eigenvalue weighted by atomic mass is 79.9. The van der Waals surface area contributed by atoms with Crippen LogP contribution in [0.1, 0.15) is 0 Å². The Morgan fingerprint density at radius 1 is 1.57 bits per heavy atom. The van der Waals surface area contributed by atoms with E-state index in [0.29, 0.717) is 0 Å². The highest BCUT2D eigenvalue weighted by Crippen LogP contribution is 2.07. The van der Waals surface area contributed by atoms with E-state index in [-0.39, 0.29) is 0 Å². The second kappa shape index (κ2) is 4.52. The van der Waals surface area contributed by atoms with Crippen LogP contribution in [0.3, 0.4) is 0 Å². The van der Waals surface area contributed by atoms with Crippen LogP contribution in [0.4, 0.5) is 5.13 Å². The maximum absolute atomic E-state index is 4.13. The van der Waals surface area contributed by atoms with Crippen LogP contribution < -0.4 is 5.32 Å². The molecule has 0 aliphatic carbocycles. The van der Waals surface area contributed by atoms with Crippen LogP contribution in [0, 0.1) is 0 Å². The number of anilines is 1. The van der Waals surface area contributed by atoms with Crippen LogP contribution in [0.5, 0.6) is 0 Å². The molecule has 2 aromatic heterocycles. The molecule has 0 aromatic carbocycles. The highest BCUT2D eigenvalue weighted by molar-refractivity contribution is 9.10. The molecule has 0 radical (unpaired) electrons. The van der Waals surface area contributed by atoms with Gasteiger partial charge in [-0.2, -0.15) is 9.47 Å². The lowest BCUT2D eigenvalue weighted by Crippen LogP contribution is -2.10. The van der Waals surface area contributed by atoms with Crippen molar-refractivity contribution in [2.45, 2.75) is 6.54 Å². The van der Waals surface area contributed by atoms with E-state index in [1.807, 2.05) is 10.9 Å². The monoisotopic (exact) mass is 273 g/mol. The molecular weight excluding hydrogens is 266 g/mol. The van der Waals surface area contributed by atoms with Gasteiger partial charge in [-0.3, -0.25) is 4.68 Å². The first-order chi connectivity index (χ1) is 6.84. The lowest BCUT2D eigenvalue weighted by atomic mass is 10.6. The SMILES string of the molecule is Brc1cnn(CCNc2ncns2)c1. The van der Waals surface area contributed by atoms with E-state index in [1.54, 1.807) is 6.20 Å². The zero-order valence-electron chi connectivity index (χ0n) is 7.22. The minimum absolute atomic E-state index is 0.795. The van der Waals surface area contributed by atoms with Crippen LogP contribution >= 0.6 is 27.5 Å². The van der Waals surface area contributed by atoms with Gasteiger partial charge < -0.3 is 5.32 Å². The molecule has 5 nitrogen and oxygen atoms in total. The zero-order valence-corrected chi connectivity index (χ0v) is 9.62. The van der Waals surface area contributed by atoms with Crippen molar-refractivity contribution in [3.63, 3.8) is 0 Å². The Morgan fingerprint density at radius 2 is 2.50 bits per heavy atom. The average Bonchev–Trinajstić information content (AvgIpc) is 2.77. The predicted octanol–water partition coefficient (Wildman–Crippen LogP) is 1.61. The summed E-state index contributed by atoms with van der Waals surface area (Å²) >= 11 is 4.69. The molecule has 0 bridgehead atoms. The molecule has 14 heavy (non-hydrogen) atoms. The van der Waals surface area contributed by atoms with Crippen molar-refractivity contribution in [3.8, 4) is 0 Å². The van der Waals surface area contributed by atoms with Gasteiger partial charge in [0.05, 0.1) is 17.2 Å². The van der Waals surface area contributed by atoms with E-state index in [4.69, 9.17) is 0 Å². The van der Waals surface area contributed by atoms with Gasteiger partial charge in [0, 0.05) is 24.3 Å². The van der Waals surface area contributed by atoms with Crippen LogP contribution in [0.2, 0.25) is 0 Å². The Balaban J connectivity index is 1.78. The maximum atomic E-state index is 4.13. The van der Waals surface area contributed by atoms with E-state index in [1.165, 1.54) is 17.9 Å². The van der Waals surface area contributed by atoms with Gasteiger partial charge in [0.2, 0.25) is 5.13 Å². The molecular formula is C7H8BrN5S. The Bertz CT molecular complexity index is 384. The van der Waals surface area contributed by atoms with Gasteiger partial charge in [-0.15, -0.1) is 0 Å². The number of nitrogens with zero attached hydrogens (tertiary/aromatic N) is 4. The van der Waals surface area contributed by atoms with Crippen molar-refractivity contribution in [2.24, 2.45) is 0 Å². The number of nitrogens with one attached hydrogen (secondary N) is 1. The molecule has 0 fully saturated rings. The van der Waals surface area contributed by atoms with E-state index < -0.39 is 0 Å². The van der Waals surface area contributed by atoms with Gasteiger partial charge in [-0.05, 0) is 15.9 Å². The number of rotatable bonds is 4. The first kappa shape index (κ1) is 9.60. The number of hydrogen-bond donors (Lipinski definition) is 1. The molecule has 2 aromatic rings. The molecule has 0 saturated carbocycles. The third-order valence-electron chi connectivity index (χ3n) is 1.58. The smallest absolute Gasteiger partial charge is 0.202 e. The van der Waals surface area contributed by atoms with E-state index >= 15 is 0 Å². The van der Waals surface area contributed by atoms with Gasteiger partial charge in [0.15, 0.2) is 0 Å². The van der Waals surface area contributed by atoms with Crippen molar-refractivity contribution >= 4 is 32.6 Å². The Labute approximate surface area is 93.5 Å². The molecule has 0 unspecified atom stereocenters. The second-order valence-electron chi connectivity index (χ2n) is 2.59. The van der Waals surface area contributed by atoms with Gasteiger partial charge in [0.1, 0.15) is 6.33 Å². The fraction of sp³-hybridized carbons (Fsp3) is 0.286. The fourth-order valence-corrected chi connectivity index (χ4v) is 1.77. The summed E-state index contributed by atoms with van der Waals surface area (Å²) in [7, 11) is 0. The molecule has 74 valence electrons. The summed E-state index contributed by atoms with van der Waals surface area (Å²) in [5.41, 5.74) is 0. The van der Waals surface area contributed by atoms with Crippen LogP contribution in [-0.4, -0.2) is 25.7 Å². The molecule has 0 aliphatic rings. The summed E-state index contributed by atoms with van der Waals surface area (Å²) in [6.45, 7) is 1.61. The summed E-state index contributed by atoms with van der Waals surface area (Å²) in [4.78, 5) is 4.01. The van der Waals surface area contributed by atoms with Crippen LogP contribution in [-0.2, 0) is 6.54 Å². The molecule has 7 heteroatoms. The van der Waals surface area contributed by atoms with Crippen LogP contribution in [0.25, 0.3) is 0 Å². The third-order valence-corrected chi connectivity index (χ3v) is 2.61. The average molecular weight is 274 g/mol. The Kier molecular flexibility index (Phi) is 3.10. The van der Waals surface area contributed by atoms with Crippen molar-refractivity contribution in [1.29, 1.82) is 0 Å². The maximum Gasteiger partial charge on any atom is 0.202 e. The molecule has 1 N–H and O–H groups in total. The van der Waals surface area contributed by atoms with Crippen LogP contribution in [0.15, 0.2) is 23.2 Å². The summed E-state index contributed by atoms with van der Waals surface area (Å²) < 4.78 is 6.74. The quantitative estimate of drug-likeness (QED) is 0.920. The molecule has 2 rings (SSSR count). The van der Waals surface area contributed by atoms with Crippen molar-refractivity contribution in [3.05, 3.63) is 23.2 Å². The lowest BCUT2D eigenvalue weighted by Gasteiger charge is -2.01. The number of hydrogen-bond acceptors (Lipinski definition) is 5. The minimum atomic E-state index is 0.795. The van der Waals surface area contributed by atoms with Crippen molar-refractivity contribution < 1.29 is 0 Å². The highest BCUT2D eigenvalue weighted by Gasteiger charge is 1.96. The predicted molar refractivity (Wildman–Crippen MR) is 58.3 cm³/mol. The van der Waals surface area contributed by atoms with Gasteiger partial charge in [-0.25, -0.2) is 4.98 Å². The Morgan fingerprint density at radius 3 is 3.14 bits per heavy atom. The lowest BCUT2D eigenvalue weighted by molar-refractivity contribution is 0.637. The number of aromatic nitrogens is 4. The largest absolute Gasteiger partial charge is 0.358 e. The standard InChI is InChI=1S/C7H8BrN5S/c8-6-3-11-13(4-6)2-1-9-7-10-5-12-14-7/h3-5H,1-2H2,(H,9,10,12). The number of halogens is 1. The normalized spacial score (nSPS) is 10.4. The van der Waals surface area contributed by atoms with Gasteiger partial charge in [0.25, 0.3) is 0 Å². The summed E-state index contributed by atoms with van der Waals surface area (Å²) in [5.74, 6) is 0. The van der Waals surface area contributed by atoms with E-state index in [0.717, 1.165) is 22.7 Å². The first-order valence-corrected chi connectivity index (χ1v) is 5.60. The molecule has 0 saturated heterocycles. The molecule has 0 aliphatic heterocycles. The van der Waals surface area contributed by atoms with Gasteiger partial charge in [-0.1, -0.05) is 0 Å². The van der Waals surface area contributed by atoms with E-state index in [9.17, 15) is 0 Å².